The molecule has 0 spiro atoms. The summed E-state index contributed by atoms with van der Waals surface area (Å²) >= 11 is 1.54. The van der Waals surface area contributed by atoms with Crippen LogP contribution >= 0.6 is 11.8 Å². The first-order valence-electron chi connectivity index (χ1n) is 13.0. The summed E-state index contributed by atoms with van der Waals surface area (Å²) in [4.78, 5) is 25.7. The van der Waals surface area contributed by atoms with Gasteiger partial charge in [0.2, 0.25) is 0 Å². The van der Waals surface area contributed by atoms with Crippen molar-refractivity contribution < 1.29 is 48.6 Å². The Morgan fingerprint density at radius 3 is 1.95 bits per heavy atom. The molecule has 3 aromatic rings. The molecule has 0 fully saturated rings. The van der Waals surface area contributed by atoms with Gasteiger partial charge in [-0.1, -0.05) is 51.2 Å². The van der Waals surface area contributed by atoms with Crippen molar-refractivity contribution in [1.82, 2.24) is 5.06 Å². The number of imide groups is 1. The number of unbranched alkanes of at least 4 members (excludes halogenated alkanes) is 5. The molecule has 14 heteroatoms. The van der Waals surface area contributed by atoms with E-state index in [0.29, 0.717) is 5.39 Å². The maximum Gasteiger partial charge on any atom is 0.416 e. The van der Waals surface area contributed by atoms with Crippen LogP contribution in [0.3, 0.4) is 0 Å². The van der Waals surface area contributed by atoms with Crippen LogP contribution in [0.15, 0.2) is 58.3 Å². The van der Waals surface area contributed by atoms with Crippen LogP contribution in [-0.2, 0) is 26.8 Å². The minimum absolute atomic E-state index is 0.0640. The average Bonchev–Trinajstić information content (AvgIpc) is 2.92. The predicted molar refractivity (Wildman–Crippen MR) is 143 cm³/mol. The molecule has 0 bridgehead atoms. The maximum atomic E-state index is 13.3. The van der Waals surface area contributed by atoms with Gasteiger partial charge in [-0.3, -0.25) is 9.59 Å². The number of carbonyl (C=O) groups excluding carboxylic acids is 2. The number of hydrogen-bond acceptors (Lipinski definition) is 6. The number of alkyl halides is 6. The van der Waals surface area contributed by atoms with E-state index in [-0.39, 0.29) is 39.8 Å². The molecular weight excluding hydrogens is 608 g/mol. The van der Waals surface area contributed by atoms with E-state index in [0.717, 1.165) is 42.8 Å². The first-order valence-corrected chi connectivity index (χ1v) is 15.4. The van der Waals surface area contributed by atoms with Crippen LogP contribution in [0, 0.1) is 0 Å². The van der Waals surface area contributed by atoms with Gasteiger partial charge in [0, 0.05) is 10.3 Å². The molecule has 0 atom stereocenters. The molecule has 3 aromatic carbocycles. The van der Waals surface area contributed by atoms with Crippen molar-refractivity contribution in [2.75, 3.05) is 5.75 Å². The molecule has 6 nitrogen and oxygen atoms in total. The fraction of sp³-hybridized carbons (Fsp3) is 0.357. The first kappa shape index (κ1) is 31.8. The van der Waals surface area contributed by atoms with E-state index in [4.69, 9.17) is 0 Å². The summed E-state index contributed by atoms with van der Waals surface area (Å²) < 4.78 is 110. The largest absolute Gasteiger partial charge is 0.416 e. The van der Waals surface area contributed by atoms with Crippen LogP contribution in [0.2, 0.25) is 0 Å². The molecule has 42 heavy (non-hydrogen) atoms. The Morgan fingerprint density at radius 2 is 1.36 bits per heavy atom. The summed E-state index contributed by atoms with van der Waals surface area (Å²) in [5.41, 5.74) is -4.03. The van der Waals surface area contributed by atoms with Gasteiger partial charge in [0.05, 0.1) is 27.1 Å². The molecule has 0 aromatic heterocycles. The molecular formula is C28H25F6NO5S2. The van der Waals surface area contributed by atoms with Crippen molar-refractivity contribution in [2.24, 2.45) is 0 Å². The van der Waals surface area contributed by atoms with E-state index in [9.17, 15) is 44.3 Å². The van der Waals surface area contributed by atoms with E-state index in [1.54, 1.807) is 12.1 Å². The van der Waals surface area contributed by atoms with Gasteiger partial charge in [-0.05, 0) is 54.0 Å². The van der Waals surface area contributed by atoms with Crippen molar-refractivity contribution in [1.29, 1.82) is 0 Å². The molecule has 0 unspecified atom stereocenters. The van der Waals surface area contributed by atoms with Gasteiger partial charge >= 0.3 is 22.5 Å². The Bertz CT molecular complexity index is 1560. The molecule has 0 saturated heterocycles. The van der Waals surface area contributed by atoms with Crippen molar-refractivity contribution in [3.05, 3.63) is 70.8 Å². The quantitative estimate of drug-likeness (QED) is 0.0916. The molecule has 0 radical (unpaired) electrons. The molecule has 1 aliphatic rings. The lowest BCUT2D eigenvalue weighted by molar-refractivity contribution is -0.143. The van der Waals surface area contributed by atoms with Gasteiger partial charge in [0.15, 0.2) is 0 Å². The third kappa shape index (κ3) is 6.76. The highest BCUT2D eigenvalue weighted by Crippen LogP contribution is 2.39. The number of amides is 2. The normalized spacial score (nSPS) is 14.2. The number of hydrogen-bond donors (Lipinski definition) is 0. The lowest BCUT2D eigenvalue weighted by Gasteiger charge is -2.26. The van der Waals surface area contributed by atoms with Gasteiger partial charge in [-0.15, -0.1) is 21.1 Å². The number of rotatable bonds is 11. The molecule has 4 rings (SSSR count). The second-order valence-electron chi connectivity index (χ2n) is 9.63. The third-order valence-electron chi connectivity index (χ3n) is 6.61. The molecule has 2 amide bonds. The summed E-state index contributed by atoms with van der Waals surface area (Å²) in [5, 5.41) is 0.650. The van der Waals surface area contributed by atoms with Crippen LogP contribution in [0.4, 0.5) is 26.3 Å². The van der Waals surface area contributed by atoms with Crippen LogP contribution in [0.25, 0.3) is 10.8 Å². The topological polar surface area (TPSA) is 80.8 Å². The SMILES string of the molecule is CCCCCCCCSc1ccc2c3c(cccc13)C(=O)N(OS(=O)(=O)c1cc(C(F)(F)F)cc(C(F)(F)F)c1)C2=O. The Kier molecular flexibility index (Phi) is 9.28. The van der Waals surface area contributed by atoms with E-state index >= 15 is 0 Å². The Hall–Kier alpha value is -3.10. The third-order valence-corrected chi connectivity index (χ3v) is 8.93. The summed E-state index contributed by atoms with van der Waals surface area (Å²) in [5.74, 6) is -1.68. The van der Waals surface area contributed by atoms with E-state index in [1.807, 2.05) is 0 Å². The Balaban J connectivity index is 1.62. The van der Waals surface area contributed by atoms with Gasteiger partial charge in [0.25, 0.3) is 11.8 Å². The highest BCUT2D eigenvalue weighted by Gasteiger charge is 2.41. The van der Waals surface area contributed by atoms with Crippen LogP contribution in [0.1, 0.15) is 77.3 Å². The smallest absolute Gasteiger partial charge is 0.266 e. The predicted octanol–water partition coefficient (Wildman–Crippen LogP) is 8.25. The molecule has 0 saturated carbocycles. The van der Waals surface area contributed by atoms with Crippen molar-refractivity contribution in [2.45, 2.75) is 67.6 Å². The van der Waals surface area contributed by atoms with Gasteiger partial charge in [-0.25, -0.2) is 0 Å². The van der Waals surface area contributed by atoms with E-state index in [2.05, 4.69) is 11.2 Å². The minimum atomic E-state index is -5.51. The van der Waals surface area contributed by atoms with Gasteiger partial charge < -0.3 is 0 Å². The molecule has 0 aliphatic carbocycles. The van der Waals surface area contributed by atoms with Crippen LogP contribution < -0.4 is 0 Å². The highest BCUT2D eigenvalue weighted by atomic mass is 32.2. The second-order valence-corrected chi connectivity index (χ2v) is 12.3. The molecule has 226 valence electrons. The summed E-state index contributed by atoms with van der Waals surface area (Å²) in [7, 11) is -5.51. The molecule has 1 aliphatic heterocycles. The maximum absolute atomic E-state index is 13.3. The van der Waals surface area contributed by atoms with E-state index < -0.39 is 50.3 Å². The summed E-state index contributed by atoms with van der Waals surface area (Å²) in [6, 6.07) is 7.15. The fourth-order valence-corrected chi connectivity index (χ4v) is 6.54. The monoisotopic (exact) mass is 633 g/mol. The zero-order valence-electron chi connectivity index (χ0n) is 22.1. The number of carbonyl (C=O) groups is 2. The van der Waals surface area contributed by atoms with Crippen molar-refractivity contribution in [3.63, 3.8) is 0 Å². The summed E-state index contributed by atoms with van der Waals surface area (Å²) in [6.45, 7) is 2.14. The second kappa shape index (κ2) is 12.3. The zero-order valence-corrected chi connectivity index (χ0v) is 23.8. The number of thioether (sulfide) groups is 1. The standard InChI is InChI=1S/C28H25F6NO5S2/c1-2-3-4-5-6-7-13-41-23-12-11-22-24-20(23)9-8-10-21(24)25(36)35(26(22)37)40-42(38,39)19-15-17(27(29,30)31)14-18(16-19)28(32,33)34/h8-12,14-16H,2-7,13H2,1H3. The Morgan fingerprint density at radius 1 is 0.786 bits per heavy atom. The fourth-order valence-electron chi connectivity index (χ4n) is 4.52. The van der Waals surface area contributed by atoms with E-state index in [1.165, 1.54) is 36.4 Å². The van der Waals surface area contributed by atoms with Gasteiger partial charge in [0.1, 0.15) is 0 Å². The zero-order chi connectivity index (χ0) is 30.9. The first-order chi connectivity index (χ1) is 19.6. The lowest BCUT2D eigenvalue weighted by Crippen LogP contribution is -2.41. The van der Waals surface area contributed by atoms with Crippen molar-refractivity contribution in [3.8, 4) is 0 Å². The number of hydroxylamine groups is 2. The van der Waals surface area contributed by atoms with Crippen LogP contribution in [-0.4, -0.2) is 31.0 Å². The lowest BCUT2D eigenvalue weighted by atomic mass is 9.95. The molecule has 1 heterocycles. The average molecular weight is 634 g/mol. The van der Waals surface area contributed by atoms with Crippen LogP contribution in [0.5, 0.6) is 0 Å². The molecule has 0 N–H and O–H groups in total. The summed E-state index contributed by atoms with van der Waals surface area (Å²) in [6.07, 6.45) is -4.03. The Labute approximate surface area is 242 Å². The van der Waals surface area contributed by atoms with Crippen molar-refractivity contribution >= 4 is 44.5 Å². The number of benzene rings is 3. The highest BCUT2D eigenvalue weighted by molar-refractivity contribution is 7.99. The minimum Gasteiger partial charge on any atom is -0.266 e. The number of nitrogens with zero attached hydrogens (tertiary/aromatic N) is 1. The van der Waals surface area contributed by atoms with Gasteiger partial charge in [-0.2, -0.15) is 34.8 Å². The number of halogens is 6.